The number of hydrogen-bond donors (Lipinski definition) is 1. The second-order valence-corrected chi connectivity index (χ2v) is 5.82. The van der Waals surface area contributed by atoms with Crippen molar-refractivity contribution in [1.29, 1.82) is 0 Å². The minimum Gasteiger partial charge on any atom is -0.355 e. The molecule has 2 rings (SSSR count). The average molecular weight is 293 g/mol. The summed E-state index contributed by atoms with van der Waals surface area (Å²) in [6.07, 6.45) is 0.950. The average Bonchev–Trinajstić information content (AvgIpc) is 2.97. The summed E-state index contributed by atoms with van der Waals surface area (Å²) in [7, 11) is 0. The second kappa shape index (κ2) is 7.25. The fourth-order valence-corrected chi connectivity index (χ4v) is 2.74. The Labute approximate surface area is 120 Å². The number of carbonyl (C=O) groups excluding carboxylic acids is 1. The van der Waals surface area contributed by atoms with E-state index >= 15 is 0 Å². The van der Waals surface area contributed by atoms with Crippen molar-refractivity contribution in [3.8, 4) is 10.6 Å². The van der Waals surface area contributed by atoms with E-state index in [1.165, 1.54) is 11.8 Å². The fraction of sp³-hybridized carbons (Fsp3) is 0.308. The van der Waals surface area contributed by atoms with Crippen LogP contribution in [0.25, 0.3) is 10.6 Å². The van der Waals surface area contributed by atoms with Crippen LogP contribution in [-0.2, 0) is 4.79 Å². The predicted octanol–water partition coefficient (Wildman–Crippen LogP) is 2.82. The quantitative estimate of drug-likeness (QED) is 0.832. The number of nitrogens with one attached hydrogen (secondary N) is 1. The van der Waals surface area contributed by atoms with E-state index in [0.29, 0.717) is 5.75 Å². The van der Waals surface area contributed by atoms with Gasteiger partial charge in [-0.1, -0.05) is 24.8 Å². The van der Waals surface area contributed by atoms with Gasteiger partial charge in [0.2, 0.25) is 5.91 Å². The Morgan fingerprint density at radius 1 is 1.37 bits per heavy atom. The summed E-state index contributed by atoms with van der Waals surface area (Å²) in [5, 5.41) is 13.9. The van der Waals surface area contributed by atoms with Gasteiger partial charge in [0.15, 0.2) is 0 Å². The first-order valence-corrected chi connectivity index (χ1v) is 7.93. The molecule has 0 saturated carbocycles. The van der Waals surface area contributed by atoms with Crippen molar-refractivity contribution in [2.45, 2.75) is 18.4 Å². The normalized spacial score (nSPS) is 10.4. The molecule has 2 aromatic rings. The molecular weight excluding hydrogens is 278 g/mol. The molecule has 0 aliphatic carbocycles. The molecule has 0 unspecified atom stereocenters. The highest BCUT2D eigenvalue weighted by Gasteiger charge is 2.05. The molecule has 0 bridgehead atoms. The van der Waals surface area contributed by atoms with Crippen molar-refractivity contribution in [3.63, 3.8) is 0 Å². The summed E-state index contributed by atoms with van der Waals surface area (Å²) in [5.41, 5.74) is 0.870. The first-order chi connectivity index (χ1) is 9.29. The number of carbonyl (C=O) groups is 1. The number of thioether (sulfide) groups is 1. The molecule has 100 valence electrons. The lowest BCUT2D eigenvalue weighted by Gasteiger charge is -2.03. The molecule has 2 heterocycles. The summed E-state index contributed by atoms with van der Waals surface area (Å²) in [5.74, 6) is 0.420. The van der Waals surface area contributed by atoms with Gasteiger partial charge in [-0.15, -0.1) is 21.5 Å². The number of aromatic nitrogens is 2. The third-order valence-corrected chi connectivity index (χ3v) is 4.15. The Balaban J connectivity index is 1.87. The third-order valence-electron chi connectivity index (χ3n) is 2.34. The molecule has 2 aromatic heterocycles. The summed E-state index contributed by atoms with van der Waals surface area (Å²) in [6.45, 7) is 2.75. The highest BCUT2D eigenvalue weighted by atomic mass is 32.2. The van der Waals surface area contributed by atoms with Crippen LogP contribution in [0.5, 0.6) is 0 Å². The van der Waals surface area contributed by atoms with E-state index < -0.39 is 0 Å². The summed E-state index contributed by atoms with van der Waals surface area (Å²) in [4.78, 5) is 12.6. The molecule has 0 radical (unpaired) electrons. The van der Waals surface area contributed by atoms with Gasteiger partial charge >= 0.3 is 0 Å². The van der Waals surface area contributed by atoms with Crippen LogP contribution in [0.4, 0.5) is 0 Å². The molecule has 0 saturated heterocycles. The van der Waals surface area contributed by atoms with Crippen molar-refractivity contribution in [3.05, 3.63) is 29.6 Å². The van der Waals surface area contributed by atoms with Gasteiger partial charge in [-0.05, 0) is 30.0 Å². The van der Waals surface area contributed by atoms with Gasteiger partial charge in [0.25, 0.3) is 0 Å². The van der Waals surface area contributed by atoms with E-state index in [9.17, 15) is 4.79 Å². The summed E-state index contributed by atoms with van der Waals surface area (Å²) >= 11 is 3.04. The van der Waals surface area contributed by atoms with Crippen molar-refractivity contribution < 1.29 is 4.79 Å². The molecule has 6 heteroatoms. The Bertz CT molecular complexity index is 511. The van der Waals surface area contributed by atoms with Crippen molar-refractivity contribution in [2.75, 3.05) is 12.3 Å². The Morgan fingerprint density at radius 2 is 2.26 bits per heavy atom. The van der Waals surface area contributed by atoms with E-state index in [1.54, 1.807) is 11.3 Å². The van der Waals surface area contributed by atoms with Gasteiger partial charge in [-0.3, -0.25) is 4.79 Å². The Kier molecular flexibility index (Phi) is 5.35. The van der Waals surface area contributed by atoms with Crippen LogP contribution >= 0.6 is 23.1 Å². The topological polar surface area (TPSA) is 54.9 Å². The minimum absolute atomic E-state index is 0.0379. The van der Waals surface area contributed by atoms with Gasteiger partial charge < -0.3 is 5.32 Å². The zero-order chi connectivity index (χ0) is 13.5. The Hall–Kier alpha value is -1.40. The van der Waals surface area contributed by atoms with Gasteiger partial charge in [-0.2, -0.15) is 0 Å². The van der Waals surface area contributed by atoms with Crippen LogP contribution in [0.15, 0.2) is 34.7 Å². The van der Waals surface area contributed by atoms with E-state index in [-0.39, 0.29) is 5.91 Å². The molecule has 0 atom stereocenters. The maximum atomic E-state index is 11.5. The molecule has 4 nitrogen and oxygen atoms in total. The van der Waals surface area contributed by atoms with Gasteiger partial charge in [0.05, 0.1) is 10.6 Å². The minimum atomic E-state index is 0.0379. The lowest BCUT2D eigenvalue weighted by molar-refractivity contribution is -0.118. The maximum Gasteiger partial charge on any atom is 0.230 e. The number of nitrogens with zero attached hydrogens (tertiary/aromatic N) is 2. The molecule has 1 amide bonds. The smallest absolute Gasteiger partial charge is 0.230 e. The standard InChI is InChI=1S/C13H15N3OS2/c1-2-7-14-12(17)9-19-13-6-5-10(15-16-13)11-4-3-8-18-11/h3-6,8H,2,7,9H2,1H3,(H,14,17). The van der Waals surface area contributed by atoms with Gasteiger partial charge in [0.1, 0.15) is 10.7 Å². The SMILES string of the molecule is CCCNC(=O)CSc1ccc(-c2cccs2)nn1. The van der Waals surface area contributed by atoms with Crippen LogP contribution in [0, 0.1) is 0 Å². The molecule has 0 aliphatic rings. The lowest BCUT2D eigenvalue weighted by Crippen LogP contribution is -2.25. The van der Waals surface area contributed by atoms with Gasteiger partial charge in [0, 0.05) is 6.54 Å². The van der Waals surface area contributed by atoms with Crippen molar-refractivity contribution >= 4 is 29.0 Å². The number of hydrogen-bond acceptors (Lipinski definition) is 5. The van der Waals surface area contributed by atoms with Crippen molar-refractivity contribution in [1.82, 2.24) is 15.5 Å². The first-order valence-electron chi connectivity index (χ1n) is 6.06. The second-order valence-electron chi connectivity index (χ2n) is 3.87. The highest BCUT2D eigenvalue weighted by molar-refractivity contribution is 7.99. The summed E-state index contributed by atoms with van der Waals surface area (Å²) in [6, 6.07) is 7.84. The molecule has 0 fully saturated rings. The largest absolute Gasteiger partial charge is 0.355 e. The van der Waals surface area contributed by atoms with E-state index in [4.69, 9.17) is 0 Å². The van der Waals surface area contributed by atoms with Crippen LogP contribution in [0.2, 0.25) is 0 Å². The number of amides is 1. The predicted molar refractivity (Wildman–Crippen MR) is 79.4 cm³/mol. The summed E-state index contributed by atoms with van der Waals surface area (Å²) < 4.78 is 0. The van der Waals surface area contributed by atoms with Crippen LogP contribution in [0.3, 0.4) is 0 Å². The molecular formula is C13H15N3OS2. The molecule has 19 heavy (non-hydrogen) atoms. The molecule has 0 aromatic carbocycles. The van der Waals surface area contributed by atoms with Crippen LogP contribution in [0.1, 0.15) is 13.3 Å². The third kappa shape index (κ3) is 4.33. The molecule has 0 aliphatic heterocycles. The lowest BCUT2D eigenvalue weighted by atomic mass is 10.3. The molecule has 0 spiro atoms. The van der Waals surface area contributed by atoms with E-state index in [1.807, 2.05) is 36.6 Å². The van der Waals surface area contributed by atoms with Crippen LogP contribution < -0.4 is 5.32 Å². The highest BCUT2D eigenvalue weighted by Crippen LogP contribution is 2.23. The zero-order valence-electron chi connectivity index (χ0n) is 10.6. The maximum absolute atomic E-state index is 11.5. The van der Waals surface area contributed by atoms with Crippen molar-refractivity contribution in [2.24, 2.45) is 0 Å². The van der Waals surface area contributed by atoms with E-state index in [0.717, 1.165) is 28.6 Å². The first kappa shape index (κ1) is 14.0. The zero-order valence-corrected chi connectivity index (χ0v) is 12.3. The Morgan fingerprint density at radius 3 is 2.89 bits per heavy atom. The fourth-order valence-electron chi connectivity index (χ4n) is 1.41. The van der Waals surface area contributed by atoms with E-state index in [2.05, 4.69) is 15.5 Å². The number of rotatable bonds is 6. The van der Waals surface area contributed by atoms with Gasteiger partial charge in [-0.25, -0.2) is 0 Å². The van der Waals surface area contributed by atoms with Crippen LogP contribution in [-0.4, -0.2) is 28.4 Å². The number of thiophene rings is 1. The molecule has 1 N–H and O–H groups in total. The monoisotopic (exact) mass is 293 g/mol.